The molecule has 0 aliphatic heterocycles. The van der Waals surface area contributed by atoms with E-state index in [1.807, 2.05) is 37.3 Å². The Morgan fingerprint density at radius 2 is 1.89 bits per heavy atom. The van der Waals surface area contributed by atoms with E-state index in [1.165, 1.54) is 0 Å². The first-order chi connectivity index (χ1) is 9.26. The van der Waals surface area contributed by atoms with Gasteiger partial charge in [-0.25, -0.2) is 0 Å². The molecular formula is C16H22O3. The number of allylic oxidation sites excluding steroid dienone is 2. The zero-order valence-corrected chi connectivity index (χ0v) is 11.7. The van der Waals surface area contributed by atoms with Gasteiger partial charge in [-0.05, 0) is 50.1 Å². The minimum atomic E-state index is 0.674. The molecule has 19 heavy (non-hydrogen) atoms. The largest absolute Gasteiger partial charge is 0.501 e. The lowest BCUT2D eigenvalue weighted by molar-refractivity contribution is 0.269. The number of hydrogen-bond acceptors (Lipinski definition) is 3. The molecule has 0 aliphatic carbocycles. The lowest BCUT2D eigenvalue weighted by atomic mass is 10.2. The van der Waals surface area contributed by atoms with Gasteiger partial charge >= 0.3 is 0 Å². The first-order valence-electron chi connectivity index (χ1n) is 6.49. The minimum Gasteiger partial charge on any atom is -0.501 e. The summed E-state index contributed by atoms with van der Waals surface area (Å²) in [6.07, 6.45) is 5.42. The summed E-state index contributed by atoms with van der Waals surface area (Å²) in [6.45, 7) is 7.27. The highest BCUT2D eigenvalue weighted by Gasteiger charge is 1.96. The molecule has 0 bridgehead atoms. The van der Waals surface area contributed by atoms with Crippen molar-refractivity contribution in [3.8, 4) is 11.5 Å². The van der Waals surface area contributed by atoms with Gasteiger partial charge in [-0.15, -0.1) is 0 Å². The van der Waals surface area contributed by atoms with Gasteiger partial charge in [-0.2, -0.15) is 0 Å². The Bertz CT molecular complexity index is 393. The smallest absolute Gasteiger partial charge is 0.119 e. The maximum absolute atomic E-state index is 5.63. The summed E-state index contributed by atoms with van der Waals surface area (Å²) in [4.78, 5) is 0. The molecule has 3 heteroatoms. The van der Waals surface area contributed by atoms with Crippen LogP contribution in [0.3, 0.4) is 0 Å². The summed E-state index contributed by atoms with van der Waals surface area (Å²) < 4.78 is 15.8. The fourth-order valence-corrected chi connectivity index (χ4v) is 1.49. The molecule has 0 N–H and O–H groups in total. The maximum Gasteiger partial charge on any atom is 0.119 e. The van der Waals surface area contributed by atoms with Gasteiger partial charge in [0.25, 0.3) is 0 Å². The van der Waals surface area contributed by atoms with E-state index in [0.717, 1.165) is 29.9 Å². The number of ether oxygens (including phenoxy) is 3. The Balaban J connectivity index is 2.17. The summed E-state index contributed by atoms with van der Waals surface area (Å²) in [6, 6.07) is 7.59. The SMILES string of the molecule is C=C(/C=C\OCC)CCCOc1ccc(OC)cc1. The van der Waals surface area contributed by atoms with Gasteiger partial charge in [-0.3, -0.25) is 0 Å². The average Bonchev–Trinajstić information content (AvgIpc) is 2.44. The summed E-state index contributed by atoms with van der Waals surface area (Å²) in [5.74, 6) is 1.69. The lowest BCUT2D eigenvalue weighted by Crippen LogP contribution is -1.97. The van der Waals surface area contributed by atoms with Gasteiger partial charge < -0.3 is 14.2 Å². The Hall–Kier alpha value is -1.90. The molecule has 104 valence electrons. The zero-order chi connectivity index (χ0) is 13.9. The molecule has 0 fully saturated rings. The van der Waals surface area contributed by atoms with Crippen molar-refractivity contribution in [2.75, 3.05) is 20.3 Å². The van der Waals surface area contributed by atoms with Gasteiger partial charge in [0.05, 0.1) is 26.6 Å². The number of benzene rings is 1. The van der Waals surface area contributed by atoms with E-state index in [9.17, 15) is 0 Å². The van der Waals surface area contributed by atoms with Crippen LogP contribution in [0.4, 0.5) is 0 Å². The fourth-order valence-electron chi connectivity index (χ4n) is 1.49. The molecule has 0 saturated carbocycles. The molecule has 0 atom stereocenters. The number of rotatable bonds is 9. The van der Waals surface area contributed by atoms with Gasteiger partial charge in [0, 0.05) is 0 Å². The second-order valence-electron chi connectivity index (χ2n) is 4.04. The van der Waals surface area contributed by atoms with Crippen LogP contribution in [0.15, 0.2) is 48.8 Å². The standard InChI is InChI=1S/C16H22O3/c1-4-18-13-11-14(2)6-5-12-19-16-9-7-15(17-3)8-10-16/h7-11,13H,2,4-6,12H2,1,3H3/b13-11-. The highest BCUT2D eigenvalue weighted by atomic mass is 16.5. The van der Waals surface area contributed by atoms with Crippen molar-refractivity contribution >= 4 is 0 Å². The number of methoxy groups -OCH3 is 1. The van der Waals surface area contributed by atoms with Crippen molar-refractivity contribution in [2.24, 2.45) is 0 Å². The lowest BCUT2D eigenvalue weighted by Gasteiger charge is -2.07. The molecule has 0 aliphatic rings. The Labute approximate surface area is 115 Å². The van der Waals surface area contributed by atoms with Gasteiger partial charge in [-0.1, -0.05) is 12.2 Å². The molecule has 0 aromatic heterocycles. The summed E-state index contributed by atoms with van der Waals surface area (Å²) in [7, 11) is 1.65. The van der Waals surface area contributed by atoms with E-state index >= 15 is 0 Å². The van der Waals surface area contributed by atoms with Crippen molar-refractivity contribution in [1.29, 1.82) is 0 Å². The highest BCUT2D eigenvalue weighted by molar-refractivity contribution is 5.31. The van der Waals surface area contributed by atoms with Crippen molar-refractivity contribution in [3.63, 3.8) is 0 Å². The third-order valence-corrected chi connectivity index (χ3v) is 2.54. The second-order valence-corrected chi connectivity index (χ2v) is 4.04. The van der Waals surface area contributed by atoms with Crippen LogP contribution >= 0.6 is 0 Å². The molecule has 0 radical (unpaired) electrons. The zero-order valence-electron chi connectivity index (χ0n) is 11.7. The van der Waals surface area contributed by atoms with Gasteiger partial charge in [0.15, 0.2) is 0 Å². The van der Waals surface area contributed by atoms with Crippen LogP contribution in [0.5, 0.6) is 11.5 Å². The van der Waals surface area contributed by atoms with E-state index in [0.29, 0.717) is 13.2 Å². The summed E-state index contributed by atoms with van der Waals surface area (Å²) in [5, 5.41) is 0. The molecule has 1 aromatic rings. The van der Waals surface area contributed by atoms with Crippen LogP contribution in [0.2, 0.25) is 0 Å². The molecule has 1 rings (SSSR count). The van der Waals surface area contributed by atoms with Crippen molar-refractivity contribution in [1.82, 2.24) is 0 Å². The third-order valence-electron chi connectivity index (χ3n) is 2.54. The molecule has 0 spiro atoms. The molecule has 3 nitrogen and oxygen atoms in total. The Morgan fingerprint density at radius 3 is 2.53 bits per heavy atom. The maximum atomic E-state index is 5.63. The van der Waals surface area contributed by atoms with Crippen LogP contribution in [0.25, 0.3) is 0 Å². The van der Waals surface area contributed by atoms with Crippen molar-refractivity contribution in [2.45, 2.75) is 19.8 Å². The van der Waals surface area contributed by atoms with Crippen molar-refractivity contribution < 1.29 is 14.2 Å². The topological polar surface area (TPSA) is 27.7 Å². The van der Waals surface area contributed by atoms with E-state index in [4.69, 9.17) is 14.2 Å². The molecular weight excluding hydrogens is 240 g/mol. The van der Waals surface area contributed by atoms with E-state index in [-0.39, 0.29) is 0 Å². The van der Waals surface area contributed by atoms with E-state index < -0.39 is 0 Å². The van der Waals surface area contributed by atoms with Gasteiger partial charge in [0.2, 0.25) is 0 Å². The van der Waals surface area contributed by atoms with E-state index in [2.05, 4.69) is 6.58 Å². The Kier molecular flexibility index (Phi) is 7.25. The van der Waals surface area contributed by atoms with Crippen LogP contribution in [-0.2, 0) is 4.74 Å². The molecule has 0 amide bonds. The predicted octanol–water partition coefficient (Wildman–Crippen LogP) is 3.96. The highest BCUT2D eigenvalue weighted by Crippen LogP contribution is 2.17. The monoisotopic (exact) mass is 262 g/mol. The normalized spacial score (nSPS) is 10.4. The fraction of sp³-hybridized carbons (Fsp3) is 0.375. The van der Waals surface area contributed by atoms with E-state index in [1.54, 1.807) is 13.4 Å². The second kappa shape index (κ2) is 9.09. The third kappa shape index (κ3) is 6.55. The first kappa shape index (κ1) is 15.2. The molecule has 0 saturated heterocycles. The van der Waals surface area contributed by atoms with Crippen LogP contribution in [-0.4, -0.2) is 20.3 Å². The molecule has 0 unspecified atom stereocenters. The Morgan fingerprint density at radius 1 is 1.21 bits per heavy atom. The minimum absolute atomic E-state index is 0.674. The molecule has 0 heterocycles. The number of hydrogen-bond donors (Lipinski definition) is 0. The quantitative estimate of drug-likeness (QED) is 0.383. The summed E-state index contributed by atoms with van der Waals surface area (Å²) >= 11 is 0. The van der Waals surface area contributed by atoms with Crippen molar-refractivity contribution in [3.05, 3.63) is 48.8 Å². The summed E-state index contributed by atoms with van der Waals surface area (Å²) in [5.41, 5.74) is 1.05. The van der Waals surface area contributed by atoms with Gasteiger partial charge in [0.1, 0.15) is 11.5 Å². The average molecular weight is 262 g/mol. The molecule has 1 aromatic carbocycles. The van der Waals surface area contributed by atoms with Crippen LogP contribution in [0.1, 0.15) is 19.8 Å². The first-order valence-corrected chi connectivity index (χ1v) is 6.49. The van der Waals surface area contributed by atoms with Crippen LogP contribution in [0, 0.1) is 0 Å². The predicted molar refractivity (Wildman–Crippen MR) is 77.6 cm³/mol. The van der Waals surface area contributed by atoms with Crippen LogP contribution < -0.4 is 9.47 Å².